The van der Waals surface area contributed by atoms with Crippen molar-refractivity contribution in [3.8, 4) is 5.75 Å². The molecule has 0 bridgehead atoms. The molecular weight excluding hydrogens is 580 g/mol. The third-order valence-electron chi connectivity index (χ3n) is 5.72. The van der Waals surface area contributed by atoms with Gasteiger partial charge in [-0.25, -0.2) is 14.4 Å². The predicted octanol–water partition coefficient (Wildman–Crippen LogP) is 5.82. The zero-order valence-electron chi connectivity index (χ0n) is 25.7. The number of nitrogens with one attached hydrogen (secondary N) is 2. The Hall–Kier alpha value is -3.99. The molecule has 0 aliphatic heterocycles. The van der Waals surface area contributed by atoms with Gasteiger partial charge in [-0.2, -0.15) is 0 Å². The van der Waals surface area contributed by atoms with Crippen LogP contribution in [-0.2, 0) is 30.2 Å². The molecule has 236 valence electrons. The van der Waals surface area contributed by atoms with E-state index in [0.29, 0.717) is 35.7 Å². The summed E-state index contributed by atoms with van der Waals surface area (Å²) in [4.78, 5) is 49.0. The maximum Gasteiger partial charge on any atom is 0.511 e. The highest BCUT2D eigenvalue weighted by molar-refractivity contribution is 6.30. The molecule has 0 spiro atoms. The van der Waals surface area contributed by atoms with Gasteiger partial charge in [0.2, 0.25) is 6.29 Å². The Bertz CT molecular complexity index is 1230. The molecule has 0 saturated heterocycles. The number of ether oxygens (including phenoxy) is 5. The van der Waals surface area contributed by atoms with Crippen LogP contribution in [0.25, 0.3) is 0 Å². The Morgan fingerprint density at radius 1 is 0.860 bits per heavy atom. The predicted molar refractivity (Wildman–Crippen MR) is 160 cm³/mol. The molecule has 2 aromatic rings. The first-order valence-corrected chi connectivity index (χ1v) is 14.3. The second-order valence-electron chi connectivity index (χ2n) is 11.1. The van der Waals surface area contributed by atoms with Crippen LogP contribution in [0.5, 0.6) is 5.75 Å². The van der Waals surface area contributed by atoms with Crippen molar-refractivity contribution in [1.29, 1.82) is 0 Å². The Balaban J connectivity index is 1.77. The smallest absolute Gasteiger partial charge is 0.476 e. The zero-order chi connectivity index (χ0) is 32.2. The number of carbonyl (C=O) groups excluding carboxylic acids is 4. The molecule has 2 aromatic carbocycles. The number of halogens is 1. The minimum Gasteiger partial charge on any atom is -0.476 e. The van der Waals surface area contributed by atoms with E-state index in [1.54, 1.807) is 64.1 Å². The number of hydrogen-bond acceptors (Lipinski definition) is 9. The van der Waals surface area contributed by atoms with Crippen molar-refractivity contribution < 1.29 is 42.9 Å². The summed E-state index contributed by atoms with van der Waals surface area (Å²) in [6, 6.07) is 13.7. The van der Waals surface area contributed by atoms with E-state index in [1.807, 2.05) is 12.1 Å². The van der Waals surface area contributed by atoms with Crippen LogP contribution < -0.4 is 15.4 Å². The van der Waals surface area contributed by atoms with Gasteiger partial charge < -0.3 is 34.3 Å². The molecule has 0 aliphatic carbocycles. The van der Waals surface area contributed by atoms with E-state index in [9.17, 15) is 19.2 Å². The number of rotatable bonds is 13. The molecular formula is C31H41ClN2O9. The van der Waals surface area contributed by atoms with Gasteiger partial charge in [0, 0.05) is 24.1 Å². The quantitative estimate of drug-likeness (QED) is 0.161. The molecule has 2 unspecified atom stereocenters. The lowest BCUT2D eigenvalue weighted by atomic mass is 10.1. The summed E-state index contributed by atoms with van der Waals surface area (Å²) in [6.45, 7) is 11.8. The van der Waals surface area contributed by atoms with E-state index in [2.05, 4.69) is 10.6 Å². The molecule has 12 heteroatoms. The molecule has 2 N–H and O–H groups in total. The average Bonchev–Trinajstić information content (AvgIpc) is 2.91. The van der Waals surface area contributed by atoms with Crippen LogP contribution in [0.4, 0.5) is 9.59 Å². The molecule has 0 aromatic heterocycles. The fourth-order valence-corrected chi connectivity index (χ4v) is 3.61. The number of hydrogen-bond donors (Lipinski definition) is 2. The van der Waals surface area contributed by atoms with E-state index in [-0.39, 0.29) is 12.5 Å². The van der Waals surface area contributed by atoms with Gasteiger partial charge in [0.25, 0.3) is 5.91 Å². The highest BCUT2D eigenvalue weighted by atomic mass is 35.5. The molecule has 0 aliphatic rings. The lowest BCUT2D eigenvalue weighted by Crippen LogP contribution is -2.42. The third-order valence-corrected chi connectivity index (χ3v) is 5.97. The van der Waals surface area contributed by atoms with Crippen LogP contribution in [-0.4, -0.2) is 60.8 Å². The first-order valence-electron chi connectivity index (χ1n) is 13.9. The standard InChI is InChI=1S/C31H41ClN2O9/c1-8-24(19-34-28(37)43-30(3,4)5)41-29(38)40-20(2)39-27(36)31(6,7)42-25-15-9-21(10-16-25)17-18-33-26(35)22-11-13-23(32)14-12-22/h9-16,20,24H,8,17-19H2,1-7H3,(H,33,35)(H,34,37). The maximum absolute atomic E-state index is 12.8. The number of amides is 2. The molecule has 0 radical (unpaired) electrons. The summed E-state index contributed by atoms with van der Waals surface area (Å²) >= 11 is 5.86. The van der Waals surface area contributed by atoms with Crippen molar-refractivity contribution in [2.75, 3.05) is 13.1 Å². The number of carbonyl (C=O) groups is 4. The second-order valence-corrected chi connectivity index (χ2v) is 11.6. The van der Waals surface area contributed by atoms with Gasteiger partial charge in [-0.05, 0) is 89.4 Å². The van der Waals surface area contributed by atoms with Gasteiger partial charge >= 0.3 is 18.2 Å². The summed E-state index contributed by atoms with van der Waals surface area (Å²) in [5.41, 5.74) is -0.585. The largest absolute Gasteiger partial charge is 0.511 e. The normalized spacial score (nSPS) is 12.7. The zero-order valence-corrected chi connectivity index (χ0v) is 26.4. The topological polar surface area (TPSA) is 138 Å². The van der Waals surface area contributed by atoms with Crippen LogP contribution in [0.15, 0.2) is 48.5 Å². The van der Waals surface area contributed by atoms with Crippen molar-refractivity contribution in [2.45, 2.75) is 84.9 Å². The lowest BCUT2D eigenvalue weighted by Gasteiger charge is -2.26. The highest BCUT2D eigenvalue weighted by Gasteiger charge is 2.34. The van der Waals surface area contributed by atoms with Gasteiger partial charge in [-0.15, -0.1) is 0 Å². The Labute approximate surface area is 257 Å². The molecule has 2 amide bonds. The van der Waals surface area contributed by atoms with E-state index in [1.165, 1.54) is 20.8 Å². The van der Waals surface area contributed by atoms with Crippen molar-refractivity contribution in [3.05, 3.63) is 64.7 Å². The van der Waals surface area contributed by atoms with Crippen molar-refractivity contribution in [3.63, 3.8) is 0 Å². The maximum atomic E-state index is 12.8. The SMILES string of the molecule is CCC(CNC(=O)OC(C)(C)C)OC(=O)OC(C)OC(=O)C(C)(C)Oc1ccc(CCNC(=O)c2ccc(Cl)cc2)cc1. The Morgan fingerprint density at radius 2 is 1.49 bits per heavy atom. The Kier molecular flexibility index (Phi) is 13.1. The second kappa shape index (κ2) is 16.0. The van der Waals surface area contributed by atoms with E-state index >= 15 is 0 Å². The molecule has 0 fully saturated rings. The van der Waals surface area contributed by atoms with E-state index < -0.39 is 41.8 Å². The monoisotopic (exact) mass is 620 g/mol. The third kappa shape index (κ3) is 13.2. The van der Waals surface area contributed by atoms with Crippen LogP contribution in [0, 0.1) is 0 Å². The van der Waals surface area contributed by atoms with Gasteiger partial charge in [-0.1, -0.05) is 30.7 Å². The first kappa shape index (κ1) is 35.2. The average molecular weight is 621 g/mol. The number of esters is 1. The van der Waals surface area contributed by atoms with Crippen LogP contribution in [0.1, 0.15) is 70.8 Å². The van der Waals surface area contributed by atoms with E-state index in [4.69, 9.17) is 35.3 Å². The molecule has 11 nitrogen and oxygen atoms in total. The van der Waals surface area contributed by atoms with Crippen LogP contribution in [0.2, 0.25) is 5.02 Å². The van der Waals surface area contributed by atoms with Gasteiger partial charge in [-0.3, -0.25) is 4.79 Å². The minimum absolute atomic E-state index is 0.0202. The van der Waals surface area contributed by atoms with Crippen LogP contribution in [0.3, 0.4) is 0 Å². The first-order chi connectivity index (χ1) is 20.1. The summed E-state index contributed by atoms with van der Waals surface area (Å²) in [7, 11) is 0. The fourth-order valence-electron chi connectivity index (χ4n) is 3.48. The molecule has 2 rings (SSSR count). The van der Waals surface area contributed by atoms with Crippen molar-refractivity contribution in [2.24, 2.45) is 0 Å². The molecule has 43 heavy (non-hydrogen) atoms. The molecule has 2 atom stereocenters. The van der Waals surface area contributed by atoms with Gasteiger partial charge in [0.1, 0.15) is 17.5 Å². The van der Waals surface area contributed by atoms with Crippen LogP contribution >= 0.6 is 11.6 Å². The molecule has 0 heterocycles. The summed E-state index contributed by atoms with van der Waals surface area (Å²) in [5.74, 6) is -0.531. The Morgan fingerprint density at radius 3 is 2.07 bits per heavy atom. The highest BCUT2D eigenvalue weighted by Crippen LogP contribution is 2.21. The molecule has 0 saturated carbocycles. The van der Waals surface area contributed by atoms with Gasteiger partial charge in [0.05, 0.1) is 6.54 Å². The fraction of sp³-hybridized carbons (Fsp3) is 0.484. The summed E-state index contributed by atoms with van der Waals surface area (Å²) in [5, 5.41) is 5.95. The van der Waals surface area contributed by atoms with Crippen molar-refractivity contribution in [1.82, 2.24) is 10.6 Å². The minimum atomic E-state index is -1.40. The summed E-state index contributed by atoms with van der Waals surface area (Å²) in [6.07, 6.45) is -2.64. The lowest BCUT2D eigenvalue weighted by molar-refractivity contribution is -0.183. The number of benzene rings is 2. The summed E-state index contributed by atoms with van der Waals surface area (Å²) < 4.78 is 26.5. The van der Waals surface area contributed by atoms with Gasteiger partial charge in [0.15, 0.2) is 5.60 Å². The van der Waals surface area contributed by atoms with E-state index in [0.717, 1.165) is 5.56 Å². The number of alkyl carbamates (subject to hydrolysis) is 1. The van der Waals surface area contributed by atoms with Crippen molar-refractivity contribution >= 4 is 35.7 Å².